The quantitative estimate of drug-likeness (QED) is 0.368. The monoisotopic (exact) mass is 470 g/mol. The Morgan fingerprint density at radius 1 is 1.19 bits per heavy atom. The Kier molecular flexibility index (Phi) is 7.33. The predicted octanol–water partition coefficient (Wildman–Crippen LogP) is 4.59. The molecule has 0 fully saturated rings. The molecule has 0 atom stereocenters. The molecular weight excluding hydrogens is 447 g/mol. The summed E-state index contributed by atoms with van der Waals surface area (Å²) in [5.41, 5.74) is 7.13. The van der Waals surface area contributed by atoms with E-state index in [1.54, 1.807) is 32.4 Å². The first-order valence-electron chi connectivity index (χ1n) is 9.78. The van der Waals surface area contributed by atoms with Crippen LogP contribution in [0.5, 0.6) is 5.75 Å². The number of ether oxygens (including phenoxy) is 1. The van der Waals surface area contributed by atoms with Gasteiger partial charge in [0, 0.05) is 16.4 Å². The number of anilines is 2. The minimum absolute atomic E-state index is 0.0774. The molecule has 3 aromatic rings. The van der Waals surface area contributed by atoms with Crippen LogP contribution in [0.25, 0.3) is 6.08 Å². The molecule has 0 spiro atoms. The molecule has 0 saturated carbocycles. The second kappa shape index (κ2) is 9.98. The molecule has 0 saturated heterocycles. The number of aromatic nitrogens is 2. The molecule has 1 heterocycles. The summed E-state index contributed by atoms with van der Waals surface area (Å²) in [7, 11) is -2.51. The molecule has 0 unspecified atom stereocenters. The predicted molar refractivity (Wildman–Crippen MR) is 129 cm³/mol. The summed E-state index contributed by atoms with van der Waals surface area (Å²) in [6.07, 6.45) is 3.15. The van der Waals surface area contributed by atoms with Crippen molar-refractivity contribution in [2.75, 3.05) is 18.6 Å². The van der Waals surface area contributed by atoms with Crippen LogP contribution in [0.1, 0.15) is 18.3 Å². The van der Waals surface area contributed by atoms with E-state index in [1.807, 2.05) is 42.5 Å². The van der Waals surface area contributed by atoms with Crippen LogP contribution in [-0.4, -0.2) is 29.2 Å². The minimum Gasteiger partial charge on any atom is -0.485 e. The van der Waals surface area contributed by atoms with Gasteiger partial charge in [-0.25, -0.2) is 9.97 Å². The van der Waals surface area contributed by atoms with Crippen molar-refractivity contribution >= 4 is 47.5 Å². The van der Waals surface area contributed by atoms with Gasteiger partial charge in [-0.1, -0.05) is 41.9 Å². The standard InChI is InChI=1S/C23H24ClN4O3P/c1-15(22(25)29)12-16-8-4-6-10-19(16)31-14-21-26-13-17(24)23(28-21)27-18-9-5-7-11-20(18)32(2,3)30/h4-13H,14H2,1-3H3,(H2,25,29)(H,26,27,28). The molecule has 3 rings (SSSR count). The number of nitrogens with one attached hydrogen (secondary N) is 1. The molecule has 1 amide bonds. The second-order valence-electron chi connectivity index (χ2n) is 7.49. The SMILES string of the molecule is CC(=Cc1ccccc1OCc1ncc(Cl)c(Nc2ccccc2P(C)(C)=O)n1)C(N)=O. The van der Waals surface area contributed by atoms with Crippen molar-refractivity contribution in [2.45, 2.75) is 13.5 Å². The van der Waals surface area contributed by atoms with Gasteiger partial charge < -0.3 is 20.4 Å². The summed E-state index contributed by atoms with van der Waals surface area (Å²) >= 11 is 6.29. The number of halogens is 1. The number of para-hydroxylation sites is 2. The van der Waals surface area contributed by atoms with Gasteiger partial charge >= 0.3 is 0 Å². The van der Waals surface area contributed by atoms with E-state index in [-0.39, 0.29) is 6.61 Å². The van der Waals surface area contributed by atoms with E-state index >= 15 is 0 Å². The zero-order valence-corrected chi connectivity index (χ0v) is 19.7. The van der Waals surface area contributed by atoms with E-state index < -0.39 is 13.0 Å². The summed E-state index contributed by atoms with van der Waals surface area (Å²) in [5.74, 6) is 0.847. The number of nitrogens with zero attached hydrogens (tertiary/aromatic N) is 2. The van der Waals surface area contributed by atoms with Gasteiger partial charge in [-0.15, -0.1) is 0 Å². The molecule has 3 N–H and O–H groups in total. The first-order valence-corrected chi connectivity index (χ1v) is 12.8. The van der Waals surface area contributed by atoms with E-state index in [0.29, 0.717) is 44.5 Å². The zero-order valence-electron chi connectivity index (χ0n) is 18.0. The van der Waals surface area contributed by atoms with Gasteiger partial charge in [0.25, 0.3) is 0 Å². The average Bonchev–Trinajstić information content (AvgIpc) is 2.74. The van der Waals surface area contributed by atoms with Crippen molar-refractivity contribution in [1.29, 1.82) is 0 Å². The Morgan fingerprint density at radius 3 is 2.59 bits per heavy atom. The van der Waals surface area contributed by atoms with Crippen LogP contribution in [0.15, 0.2) is 60.3 Å². The number of nitrogens with two attached hydrogens (primary N) is 1. The van der Waals surface area contributed by atoms with Crippen LogP contribution in [0, 0.1) is 0 Å². The first-order chi connectivity index (χ1) is 15.1. The fourth-order valence-electron chi connectivity index (χ4n) is 2.92. The molecule has 0 bridgehead atoms. The normalized spacial score (nSPS) is 11.8. The van der Waals surface area contributed by atoms with Gasteiger partial charge in [-0.2, -0.15) is 0 Å². The van der Waals surface area contributed by atoms with E-state index in [9.17, 15) is 9.36 Å². The lowest BCUT2D eigenvalue weighted by Crippen LogP contribution is -2.12. The lowest BCUT2D eigenvalue weighted by molar-refractivity contribution is -0.114. The molecule has 2 aromatic carbocycles. The Hall–Kier alpha value is -3.15. The highest BCUT2D eigenvalue weighted by molar-refractivity contribution is 7.70. The molecule has 0 aliphatic rings. The molecule has 166 valence electrons. The van der Waals surface area contributed by atoms with Crippen LogP contribution in [0.2, 0.25) is 5.02 Å². The van der Waals surface area contributed by atoms with Crippen molar-refractivity contribution in [3.05, 3.63) is 76.7 Å². The Balaban J connectivity index is 1.83. The molecule has 0 aliphatic heterocycles. The minimum atomic E-state index is -2.51. The highest BCUT2D eigenvalue weighted by Crippen LogP contribution is 2.38. The van der Waals surface area contributed by atoms with Gasteiger partial charge in [-0.3, -0.25) is 4.79 Å². The topological polar surface area (TPSA) is 107 Å². The number of rotatable bonds is 8. The third kappa shape index (κ3) is 5.96. The molecule has 9 heteroatoms. The largest absolute Gasteiger partial charge is 0.485 e. The van der Waals surface area contributed by atoms with Crippen LogP contribution < -0.4 is 21.1 Å². The van der Waals surface area contributed by atoms with Gasteiger partial charge in [0.15, 0.2) is 11.6 Å². The van der Waals surface area contributed by atoms with E-state index in [0.717, 1.165) is 0 Å². The van der Waals surface area contributed by atoms with Crippen LogP contribution in [0.4, 0.5) is 11.5 Å². The number of hydrogen-bond donors (Lipinski definition) is 2. The maximum Gasteiger partial charge on any atom is 0.244 e. The van der Waals surface area contributed by atoms with E-state index in [2.05, 4.69) is 15.3 Å². The average molecular weight is 471 g/mol. The van der Waals surface area contributed by atoms with Gasteiger partial charge in [0.05, 0.1) is 11.9 Å². The summed E-state index contributed by atoms with van der Waals surface area (Å²) in [6, 6.07) is 14.6. The lowest BCUT2D eigenvalue weighted by Gasteiger charge is -2.16. The number of hydrogen-bond acceptors (Lipinski definition) is 6. The van der Waals surface area contributed by atoms with Crippen LogP contribution >= 0.6 is 18.7 Å². The highest BCUT2D eigenvalue weighted by Gasteiger charge is 2.17. The highest BCUT2D eigenvalue weighted by atomic mass is 35.5. The molecule has 7 nitrogen and oxygen atoms in total. The zero-order chi connectivity index (χ0) is 23.3. The number of amides is 1. The Labute approximate surface area is 192 Å². The third-order valence-corrected chi connectivity index (χ3v) is 6.39. The first kappa shape index (κ1) is 23.5. The van der Waals surface area contributed by atoms with Crippen molar-refractivity contribution < 1.29 is 14.1 Å². The number of benzene rings is 2. The van der Waals surface area contributed by atoms with Crippen LogP contribution in [0.3, 0.4) is 0 Å². The molecular formula is C23H24ClN4O3P. The van der Waals surface area contributed by atoms with Crippen molar-refractivity contribution in [3.63, 3.8) is 0 Å². The van der Waals surface area contributed by atoms with Gasteiger partial charge in [-0.05, 0) is 44.5 Å². The summed E-state index contributed by atoms with van der Waals surface area (Å²) < 4.78 is 18.5. The Bertz CT molecular complexity index is 1220. The van der Waals surface area contributed by atoms with Crippen molar-refractivity contribution in [1.82, 2.24) is 9.97 Å². The summed E-state index contributed by atoms with van der Waals surface area (Å²) in [4.78, 5) is 20.1. The summed E-state index contributed by atoms with van der Waals surface area (Å²) in [6.45, 7) is 5.14. The lowest BCUT2D eigenvalue weighted by atomic mass is 10.1. The Morgan fingerprint density at radius 2 is 1.88 bits per heavy atom. The third-order valence-electron chi connectivity index (χ3n) is 4.57. The maximum atomic E-state index is 12.6. The van der Waals surface area contributed by atoms with Gasteiger partial charge in [0.1, 0.15) is 24.5 Å². The molecule has 1 aromatic heterocycles. The van der Waals surface area contributed by atoms with Crippen molar-refractivity contribution in [2.24, 2.45) is 5.73 Å². The molecule has 0 aliphatic carbocycles. The molecule has 0 radical (unpaired) electrons. The molecule has 32 heavy (non-hydrogen) atoms. The second-order valence-corrected chi connectivity index (χ2v) is 11.1. The number of carbonyl (C=O) groups excluding carboxylic acids is 1. The smallest absolute Gasteiger partial charge is 0.244 e. The fourth-order valence-corrected chi connectivity index (χ4v) is 4.21. The van der Waals surface area contributed by atoms with E-state index in [1.165, 1.54) is 6.20 Å². The number of carbonyl (C=O) groups is 1. The summed E-state index contributed by atoms with van der Waals surface area (Å²) in [5, 5.41) is 4.20. The van der Waals surface area contributed by atoms with Gasteiger partial charge in [0.2, 0.25) is 5.91 Å². The number of primary amides is 1. The fraction of sp³-hybridized carbons (Fsp3) is 0.174. The van der Waals surface area contributed by atoms with Crippen molar-refractivity contribution in [3.8, 4) is 5.75 Å². The van der Waals surface area contributed by atoms with Crippen LogP contribution in [-0.2, 0) is 16.0 Å². The van der Waals surface area contributed by atoms with E-state index in [4.69, 9.17) is 22.1 Å². The maximum absolute atomic E-state index is 12.6.